The van der Waals surface area contributed by atoms with Crippen molar-refractivity contribution < 1.29 is 0 Å². The number of rotatable bonds is 4. The summed E-state index contributed by atoms with van der Waals surface area (Å²) in [7, 11) is 0. The molecule has 1 atom stereocenters. The third-order valence-corrected chi connectivity index (χ3v) is 3.70. The lowest BCUT2D eigenvalue weighted by Gasteiger charge is -2.29. The van der Waals surface area contributed by atoms with Gasteiger partial charge in [-0.2, -0.15) is 0 Å². The van der Waals surface area contributed by atoms with Crippen LogP contribution in [-0.2, 0) is 0 Å². The number of hydrogen-bond acceptors (Lipinski definition) is 3. The lowest BCUT2D eigenvalue weighted by atomic mass is 10.1. The second kappa shape index (κ2) is 5.50. The molecule has 3 heteroatoms. The van der Waals surface area contributed by atoms with E-state index in [1.807, 2.05) is 19.2 Å². The van der Waals surface area contributed by atoms with Crippen LogP contribution in [0.5, 0.6) is 0 Å². The normalized spacial score (nSPS) is 18.3. The number of pyridine rings is 1. The molecule has 0 unspecified atom stereocenters. The topological polar surface area (TPSA) is 42.1 Å². The van der Waals surface area contributed by atoms with Gasteiger partial charge in [-0.25, -0.2) is 4.98 Å². The molecule has 1 aliphatic carbocycles. The van der Waals surface area contributed by atoms with Gasteiger partial charge in [0.15, 0.2) is 0 Å². The molecular weight excluding hydrogens is 210 g/mol. The van der Waals surface area contributed by atoms with Crippen LogP contribution in [-0.4, -0.2) is 17.6 Å². The van der Waals surface area contributed by atoms with E-state index in [9.17, 15) is 0 Å². The maximum atomic E-state index is 5.93. The van der Waals surface area contributed by atoms with E-state index in [0.717, 1.165) is 12.4 Å². The molecule has 0 spiro atoms. The van der Waals surface area contributed by atoms with E-state index in [0.29, 0.717) is 6.04 Å². The SMILES string of the molecule is CCN(c1cc([C@H](C)N)ccn1)C1CCCC1. The molecule has 17 heavy (non-hydrogen) atoms. The first kappa shape index (κ1) is 12.4. The fourth-order valence-corrected chi connectivity index (χ4v) is 2.70. The van der Waals surface area contributed by atoms with Crippen LogP contribution in [0.4, 0.5) is 5.82 Å². The summed E-state index contributed by atoms with van der Waals surface area (Å²) in [5.74, 6) is 1.09. The minimum Gasteiger partial charge on any atom is -0.354 e. The van der Waals surface area contributed by atoms with Crippen LogP contribution in [0, 0.1) is 0 Å². The summed E-state index contributed by atoms with van der Waals surface area (Å²) in [5, 5.41) is 0. The Hall–Kier alpha value is -1.09. The predicted molar refractivity (Wildman–Crippen MR) is 72.1 cm³/mol. The Balaban J connectivity index is 2.20. The highest BCUT2D eigenvalue weighted by molar-refractivity contribution is 5.43. The number of hydrogen-bond donors (Lipinski definition) is 1. The minimum absolute atomic E-state index is 0.0824. The highest BCUT2D eigenvalue weighted by atomic mass is 15.2. The molecule has 0 aliphatic heterocycles. The lowest BCUT2D eigenvalue weighted by Crippen LogP contribution is -2.33. The van der Waals surface area contributed by atoms with E-state index in [2.05, 4.69) is 22.9 Å². The summed E-state index contributed by atoms with van der Waals surface area (Å²) in [6, 6.07) is 4.92. The van der Waals surface area contributed by atoms with Gasteiger partial charge in [-0.3, -0.25) is 0 Å². The van der Waals surface area contributed by atoms with Crippen LogP contribution >= 0.6 is 0 Å². The van der Waals surface area contributed by atoms with E-state index in [1.165, 1.54) is 31.2 Å². The van der Waals surface area contributed by atoms with E-state index in [4.69, 9.17) is 5.73 Å². The molecular formula is C14H23N3. The number of anilines is 1. The summed E-state index contributed by atoms with van der Waals surface area (Å²) >= 11 is 0. The van der Waals surface area contributed by atoms with Crippen LogP contribution in [0.15, 0.2) is 18.3 Å². The molecule has 1 heterocycles. The van der Waals surface area contributed by atoms with Crippen molar-refractivity contribution >= 4 is 5.82 Å². The van der Waals surface area contributed by atoms with Gasteiger partial charge in [0.05, 0.1) is 0 Å². The molecule has 3 nitrogen and oxygen atoms in total. The molecule has 94 valence electrons. The van der Waals surface area contributed by atoms with Gasteiger partial charge in [0.25, 0.3) is 0 Å². The molecule has 0 aromatic carbocycles. The largest absolute Gasteiger partial charge is 0.354 e. The first-order chi connectivity index (χ1) is 8.22. The fraction of sp³-hybridized carbons (Fsp3) is 0.643. The number of nitrogens with two attached hydrogens (primary N) is 1. The second-order valence-corrected chi connectivity index (χ2v) is 4.96. The third-order valence-electron chi connectivity index (χ3n) is 3.70. The zero-order chi connectivity index (χ0) is 12.3. The standard InChI is InChI=1S/C14H23N3/c1-3-17(13-6-4-5-7-13)14-10-12(11(2)15)8-9-16-14/h8-11,13H,3-7,15H2,1-2H3/t11-/m0/s1. The van der Waals surface area contributed by atoms with E-state index in [1.54, 1.807) is 0 Å². The number of aromatic nitrogens is 1. The van der Waals surface area contributed by atoms with Crippen molar-refractivity contribution in [3.8, 4) is 0 Å². The Bertz CT molecular complexity index is 356. The van der Waals surface area contributed by atoms with Crippen LogP contribution in [0.3, 0.4) is 0 Å². The Labute approximate surface area is 104 Å². The maximum absolute atomic E-state index is 5.93. The van der Waals surface area contributed by atoms with Gasteiger partial charge in [0.1, 0.15) is 5.82 Å². The van der Waals surface area contributed by atoms with Crippen LogP contribution < -0.4 is 10.6 Å². The summed E-state index contributed by atoms with van der Waals surface area (Å²) in [6.45, 7) is 5.25. The summed E-state index contributed by atoms with van der Waals surface area (Å²) < 4.78 is 0. The molecule has 0 bridgehead atoms. The molecule has 1 aromatic heterocycles. The summed E-state index contributed by atoms with van der Waals surface area (Å²) in [4.78, 5) is 6.94. The average molecular weight is 233 g/mol. The Morgan fingerprint density at radius 3 is 2.76 bits per heavy atom. The van der Waals surface area contributed by atoms with Crippen molar-refractivity contribution in [1.82, 2.24) is 4.98 Å². The van der Waals surface area contributed by atoms with Crippen molar-refractivity contribution in [2.45, 2.75) is 51.6 Å². The van der Waals surface area contributed by atoms with Crippen LogP contribution in [0.2, 0.25) is 0 Å². The molecule has 0 radical (unpaired) electrons. The van der Waals surface area contributed by atoms with Crippen molar-refractivity contribution in [3.63, 3.8) is 0 Å². The van der Waals surface area contributed by atoms with E-state index >= 15 is 0 Å². The van der Waals surface area contributed by atoms with Crippen LogP contribution in [0.1, 0.15) is 51.1 Å². The van der Waals surface area contributed by atoms with Crippen LogP contribution in [0.25, 0.3) is 0 Å². The monoisotopic (exact) mass is 233 g/mol. The zero-order valence-electron chi connectivity index (χ0n) is 10.9. The quantitative estimate of drug-likeness (QED) is 0.869. The van der Waals surface area contributed by atoms with Gasteiger partial charge in [0, 0.05) is 24.8 Å². The molecule has 1 fully saturated rings. The maximum Gasteiger partial charge on any atom is 0.129 e. The van der Waals surface area contributed by atoms with E-state index < -0.39 is 0 Å². The van der Waals surface area contributed by atoms with Crippen molar-refractivity contribution in [1.29, 1.82) is 0 Å². The molecule has 0 amide bonds. The molecule has 1 saturated carbocycles. The van der Waals surface area contributed by atoms with Crippen molar-refractivity contribution in [2.24, 2.45) is 5.73 Å². The van der Waals surface area contributed by atoms with E-state index in [-0.39, 0.29) is 6.04 Å². The van der Waals surface area contributed by atoms with Gasteiger partial charge >= 0.3 is 0 Å². The Kier molecular flexibility index (Phi) is 4.00. The number of nitrogens with zero attached hydrogens (tertiary/aromatic N) is 2. The van der Waals surface area contributed by atoms with Gasteiger partial charge in [-0.15, -0.1) is 0 Å². The van der Waals surface area contributed by atoms with Crippen molar-refractivity contribution in [3.05, 3.63) is 23.9 Å². The first-order valence-corrected chi connectivity index (χ1v) is 6.70. The molecule has 2 N–H and O–H groups in total. The summed E-state index contributed by atoms with van der Waals surface area (Å²) in [6.07, 6.45) is 7.20. The zero-order valence-corrected chi connectivity index (χ0v) is 10.9. The predicted octanol–water partition coefficient (Wildman–Crippen LogP) is 2.87. The Morgan fingerprint density at radius 1 is 1.47 bits per heavy atom. The molecule has 2 rings (SSSR count). The third kappa shape index (κ3) is 2.78. The highest BCUT2D eigenvalue weighted by Gasteiger charge is 2.22. The van der Waals surface area contributed by atoms with Gasteiger partial charge in [-0.1, -0.05) is 12.8 Å². The summed E-state index contributed by atoms with van der Waals surface area (Å²) in [5.41, 5.74) is 7.10. The lowest BCUT2D eigenvalue weighted by molar-refractivity contribution is 0.612. The first-order valence-electron chi connectivity index (χ1n) is 6.70. The molecule has 1 aromatic rings. The Morgan fingerprint density at radius 2 is 2.18 bits per heavy atom. The fourth-order valence-electron chi connectivity index (χ4n) is 2.70. The smallest absolute Gasteiger partial charge is 0.129 e. The molecule has 1 aliphatic rings. The van der Waals surface area contributed by atoms with Crippen molar-refractivity contribution in [2.75, 3.05) is 11.4 Å². The highest BCUT2D eigenvalue weighted by Crippen LogP contribution is 2.27. The minimum atomic E-state index is 0.0824. The average Bonchev–Trinajstić information content (AvgIpc) is 2.84. The van der Waals surface area contributed by atoms with Gasteiger partial charge in [-0.05, 0) is 44.4 Å². The van der Waals surface area contributed by atoms with Gasteiger partial charge < -0.3 is 10.6 Å². The molecule has 0 saturated heterocycles. The second-order valence-electron chi connectivity index (χ2n) is 4.96. The van der Waals surface area contributed by atoms with Gasteiger partial charge in [0.2, 0.25) is 0 Å².